The molecule has 0 aliphatic rings. The molecule has 364 valence electrons. The predicted molar refractivity (Wildman–Crippen MR) is 270 cm³/mol. The van der Waals surface area contributed by atoms with Crippen molar-refractivity contribution in [1.82, 2.24) is 0 Å². The normalized spacial score (nSPS) is 12.5. The van der Waals surface area contributed by atoms with Gasteiger partial charge in [-0.05, 0) is 89.9 Å². The molecule has 0 heterocycles. The van der Waals surface area contributed by atoms with E-state index in [9.17, 15) is 14.4 Å². The Kier molecular flexibility index (Phi) is 49.4. The van der Waals surface area contributed by atoms with Crippen LogP contribution in [-0.2, 0) is 28.6 Å². The van der Waals surface area contributed by atoms with Crippen LogP contribution in [-0.4, -0.2) is 37.2 Å². The Bertz CT molecular complexity index is 1150. The van der Waals surface area contributed by atoms with Crippen LogP contribution in [0.5, 0.6) is 0 Å². The van der Waals surface area contributed by atoms with E-state index in [4.69, 9.17) is 14.2 Å². The van der Waals surface area contributed by atoms with Crippen LogP contribution >= 0.6 is 0 Å². The van der Waals surface area contributed by atoms with Crippen molar-refractivity contribution in [3.63, 3.8) is 0 Å². The molecular weight excluding hydrogens is 781 g/mol. The van der Waals surface area contributed by atoms with Gasteiger partial charge in [-0.2, -0.15) is 0 Å². The topological polar surface area (TPSA) is 78.9 Å². The SMILES string of the molecule is CCCCC/C=C\C/C=C\C/C=C\CCCCCCCCC(=O)OC(COC(=O)CCCCCCC)COC(=O)CCCCCCCCCCC/C=C\C/C=C\CCCCCCC. The van der Waals surface area contributed by atoms with Gasteiger partial charge in [-0.3, -0.25) is 14.4 Å². The highest BCUT2D eigenvalue weighted by Crippen LogP contribution is 2.14. The maximum absolute atomic E-state index is 12.7. The number of carbonyl (C=O) groups is 3. The molecule has 6 heteroatoms. The number of rotatable bonds is 48. The van der Waals surface area contributed by atoms with Gasteiger partial charge in [0.15, 0.2) is 6.10 Å². The number of carbonyl (C=O) groups excluding carboxylic acids is 3. The van der Waals surface area contributed by atoms with Crippen molar-refractivity contribution in [3.05, 3.63) is 60.8 Å². The molecule has 0 rings (SSSR count). The van der Waals surface area contributed by atoms with Gasteiger partial charge in [0.1, 0.15) is 13.2 Å². The second kappa shape index (κ2) is 51.7. The van der Waals surface area contributed by atoms with Gasteiger partial charge < -0.3 is 14.2 Å². The first-order valence-electron chi connectivity index (χ1n) is 26.8. The molecule has 0 saturated heterocycles. The summed E-state index contributed by atoms with van der Waals surface area (Å²) in [7, 11) is 0. The van der Waals surface area contributed by atoms with E-state index in [1.807, 2.05) is 0 Å². The summed E-state index contributed by atoms with van der Waals surface area (Å²) in [6.07, 6.45) is 63.8. The van der Waals surface area contributed by atoms with E-state index >= 15 is 0 Å². The first-order chi connectivity index (χ1) is 31.0. The molecule has 1 unspecified atom stereocenters. The lowest BCUT2D eigenvalue weighted by molar-refractivity contribution is -0.167. The van der Waals surface area contributed by atoms with Crippen molar-refractivity contribution in [2.45, 2.75) is 271 Å². The van der Waals surface area contributed by atoms with E-state index in [-0.39, 0.29) is 31.1 Å². The highest BCUT2D eigenvalue weighted by Gasteiger charge is 2.19. The predicted octanol–water partition coefficient (Wildman–Crippen LogP) is 17.6. The minimum absolute atomic E-state index is 0.0816. The summed E-state index contributed by atoms with van der Waals surface area (Å²) in [6.45, 7) is 6.51. The van der Waals surface area contributed by atoms with Crippen molar-refractivity contribution in [1.29, 1.82) is 0 Å². The van der Waals surface area contributed by atoms with E-state index < -0.39 is 6.10 Å². The van der Waals surface area contributed by atoms with Crippen molar-refractivity contribution >= 4 is 17.9 Å². The smallest absolute Gasteiger partial charge is 0.306 e. The van der Waals surface area contributed by atoms with Crippen LogP contribution < -0.4 is 0 Å². The van der Waals surface area contributed by atoms with Gasteiger partial charge in [0.2, 0.25) is 0 Å². The fourth-order valence-electron chi connectivity index (χ4n) is 7.42. The molecule has 0 spiro atoms. The van der Waals surface area contributed by atoms with Crippen LogP contribution in [0.3, 0.4) is 0 Å². The van der Waals surface area contributed by atoms with Crippen LogP contribution in [0.25, 0.3) is 0 Å². The third-order valence-corrected chi connectivity index (χ3v) is 11.5. The van der Waals surface area contributed by atoms with Gasteiger partial charge in [-0.1, -0.05) is 216 Å². The van der Waals surface area contributed by atoms with Gasteiger partial charge in [0, 0.05) is 19.3 Å². The summed E-state index contributed by atoms with van der Waals surface area (Å²) in [5, 5.41) is 0. The van der Waals surface area contributed by atoms with Gasteiger partial charge in [-0.15, -0.1) is 0 Å². The first-order valence-corrected chi connectivity index (χ1v) is 26.8. The second-order valence-electron chi connectivity index (χ2n) is 17.8. The molecule has 0 bridgehead atoms. The molecule has 0 aromatic rings. The maximum atomic E-state index is 12.7. The van der Waals surface area contributed by atoms with Gasteiger partial charge in [-0.25, -0.2) is 0 Å². The summed E-state index contributed by atoms with van der Waals surface area (Å²) in [4.78, 5) is 37.7. The average Bonchev–Trinajstić information content (AvgIpc) is 3.28. The largest absolute Gasteiger partial charge is 0.462 e. The highest BCUT2D eigenvalue weighted by atomic mass is 16.6. The lowest BCUT2D eigenvalue weighted by atomic mass is 10.1. The maximum Gasteiger partial charge on any atom is 0.306 e. The summed E-state index contributed by atoms with van der Waals surface area (Å²) < 4.78 is 16.7. The fourth-order valence-corrected chi connectivity index (χ4v) is 7.42. The molecule has 6 nitrogen and oxygen atoms in total. The van der Waals surface area contributed by atoms with Gasteiger partial charge in [0.25, 0.3) is 0 Å². The molecule has 0 fully saturated rings. The third-order valence-electron chi connectivity index (χ3n) is 11.5. The molecule has 0 amide bonds. The van der Waals surface area contributed by atoms with Crippen molar-refractivity contribution < 1.29 is 28.6 Å². The summed E-state index contributed by atoms with van der Waals surface area (Å²) >= 11 is 0. The van der Waals surface area contributed by atoms with E-state index in [1.54, 1.807) is 0 Å². The molecule has 0 N–H and O–H groups in total. The van der Waals surface area contributed by atoms with Crippen molar-refractivity contribution in [2.75, 3.05) is 13.2 Å². The van der Waals surface area contributed by atoms with Crippen LogP contribution in [0.1, 0.15) is 265 Å². The van der Waals surface area contributed by atoms with Crippen LogP contribution in [0.4, 0.5) is 0 Å². The molecule has 0 aliphatic carbocycles. The average molecular weight is 881 g/mol. The lowest BCUT2D eigenvalue weighted by Gasteiger charge is -2.18. The van der Waals surface area contributed by atoms with Gasteiger partial charge in [0.05, 0.1) is 0 Å². The lowest BCUT2D eigenvalue weighted by Crippen LogP contribution is -2.30. The number of ether oxygens (including phenoxy) is 3. The van der Waals surface area contributed by atoms with Crippen molar-refractivity contribution in [2.24, 2.45) is 0 Å². The van der Waals surface area contributed by atoms with Gasteiger partial charge >= 0.3 is 17.9 Å². The van der Waals surface area contributed by atoms with E-state index in [2.05, 4.69) is 81.5 Å². The molecule has 1 atom stereocenters. The zero-order chi connectivity index (χ0) is 45.8. The second-order valence-corrected chi connectivity index (χ2v) is 17.8. The molecule has 0 aliphatic heterocycles. The number of esters is 3. The molecule has 0 radical (unpaired) electrons. The monoisotopic (exact) mass is 881 g/mol. The Hall–Kier alpha value is -2.89. The number of unbranched alkanes of at least 4 members (excludes halogenated alkanes) is 27. The molecular formula is C57H100O6. The summed E-state index contributed by atoms with van der Waals surface area (Å²) in [5.74, 6) is -0.907. The van der Waals surface area contributed by atoms with Crippen LogP contribution in [0.15, 0.2) is 60.8 Å². The summed E-state index contributed by atoms with van der Waals surface area (Å²) in [6, 6.07) is 0. The number of hydrogen-bond donors (Lipinski definition) is 0. The zero-order valence-corrected chi connectivity index (χ0v) is 41.6. The minimum atomic E-state index is -0.779. The summed E-state index contributed by atoms with van der Waals surface area (Å²) in [5.41, 5.74) is 0. The van der Waals surface area contributed by atoms with E-state index in [1.165, 1.54) is 128 Å². The molecule has 0 aromatic heterocycles. The highest BCUT2D eigenvalue weighted by molar-refractivity contribution is 5.71. The van der Waals surface area contributed by atoms with E-state index in [0.717, 1.165) is 96.3 Å². The Morgan fingerprint density at radius 2 is 0.571 bits per heavy atom. The van der Waals surface area contributed by atoms with Crippen LogP contribution in [0, 0.1) is 0 Å². The molecule has 0 saturated carbocycles. The molecule has 0 aromatic carbocycles. The fraction of sp³-hybridized carbons (Fsp3) is 0.772. The Morgan fingerprint density at radius 1 is 0.317 bits per heavy atom. The van der Waals surface area contributed by atoms with E-state index in [0.29, 0.717) is 19.3 Å². The first kappa shape index (κ1) is 60.1. The number of allylic oxidation sites excluding steroid dienone is 10. The quantitative estimate of drug-likeness (QED) is 0.0262. The van der Waals surface area contributed by atoms with Crippen LogP contribution in [0.2, 0.25) is 0 Å². The Balaban J connectivity index is 4.17. The molecule has 63 heavy (non-hydrogen) atoms. The standard InChI is InChI=1S/C57H100O6/c1-4-7-10-13-15-17-19-21-23-25-27-28-30-31-33-35-37-39-41-44-47-50-56(59)62-53-54(52-61-55(58)49-46-43-12-9-6-3)63-57(60)51-48-45-42-40-38-36-34-32-29-26-24-22-20-18-16-14-11-8-5-2/h16,18-19,21-22,24-25,27,29,32,54H,4-15,17,20,23,26,28,30-31,33-53H2,1-3H3/b18-16-,21-19-,24-22-,27-25-,32-29-. The third kappa shape index (κ3) is 50.0. The number of hydrogen-bond acceptors (Lipinski definition) is 6. The Labute approximate surface area is 390 Å². The van der Waals surface area contributed by atoms with Crippen molar-refractivity contribution in [3.8, 4) is 0 Å². The Morgan fingerprint density at radius 3 is 0.921 bits per heavy atom. The minimum Gasteiger partial charge on any atom is -0.462 e. The zero-order valence-electron chi connectivity index (χ0n) is 41.6.